The number of carbonyl (C=O) groups excluding carboxylic acids is 2. The molecule has 1 saturated heterocycles. The van der Waals surface area contributed by atoms with Crippen molar-refractivity contribution in [3.8, 4) is 5.75 Å². The average Bonchev–Trinajstić information content (AvgIpc) is 3.28. The number of rotatable bonds is 10. The van der Waals surface area contributed by atoms with E-state index >= 15 is 0 Å². The van der Waals surface area contributed by atoms with Crippen molar-refractivity contribution >= 4 is 35.0 Å². The summed E-state index contributed by atoms with van der Waals surface area (Å²) < 4.78 is 5.75. The number of nitrogens with two attached hydrogens (primary N) is 1. The van der Waals surface area contributed by atoms with Crippen LogP contribution in [0.15, 0.2) is 41.1 Å². The van der Waals surface area contributed by atoms with E-state index in [0.29, 0.717) is 36.3 Å². The highest BCUT2D eigenvalue weighted by Crippen LogP contribution is 2.39. The smallest absolute Gasteiger partial charge is 0.312 e. The van der Waals surface area contributed by atoms with Crippen molar-refractivity contribution in [3.05, 3.63) is 52.2 Å². The minimum Gasteiger partial charge on any atom is -0.494 e. The summed E-state index contributed by atoms with van der Waals surface area (Å²) in [5.41, 5.74) is 5.60. The van der Waals surface area contributed by atoms with Crippen molar-refractivity contribution in [2.75, 3.05) is 19.7 Å². The van der Waals surface area contributed by atoms with E-state index in [2.05, 4.69) is 5.32 Å². The maximum absolute atomic E-state index is 12.7. The van der Waals surface area contributed by atoms with Crippen molar-refractivity contribution in [2.45, 2.75) is 24.8 Å². The van der Waals surface area contributed by atoms with Gasteiger partial charge in [-0.1, -0.05) is 0 Å². The van der Waals surface area contributed by atoms with Gasteiger partial charge in [0.05, 0.1) is 18.6 Å². The maximum Gasteiger partial charge on any atom is 0.312 e. The molecule has 2 amide bonds. The van der Waals surface area contributed by atoms with E-state index in [1.165, 1.54) is 16.2 Å². The molecule has 10 heteroatoms. The first-order chi connectivity index (χ1) is 14.8. The zero-order chi connectivity index (χ0) is 22.4. The number of carboxylic acid groups (broad SMARTS) is 1. The van der Waals surface area contributed by atoms with Gasteiger partial charge in [-0.3, -0.25) is 19.8 Å². The van der Waals surface area contributed by atoms with Gasteiger partial charge in [0.2, 0.25) is 0 Å². The van der Waals surface area contributed by atoms with Crippen LogP contribution in [0.3, 0.4) is 0 Å². The molecule has 1 atom stereocenters. The second-order valence-electron chi connectivity index (χ2n) is 7.22. The van der Waals surface area contributed by atoms with Crippen LogP contribution in [0.5, 0.6) is 5.75 Å². The number of benzene rings is 1. The van der Waals surface area contributed by atoms with Gasteiger partial charge in [-0.15, -0.1) is 0 Å². The third-order valence-electron chi connectivity index (χ3n) is 5.25. The van der Waals surface area contributed by atoms with Gasteiger partial charge >= 0.3 is 17.8 Å². The minimum absolute atomic E-state index is 0.0315. The van der Waals surface area contributed by atoms with E-state index in [1.807, 2.05) is 10.8 Å². The molecule has 2 heterocycles. The van der Waals surface area contributed by atoms with Crippen molar-refractivity contribution in [3.63, 3.8) is 0 Å². The summed E-state index contributed by atoms with van der Waals surface area (Å²) in [5, 5.41) is 23.2. The van der Waals surface area contributed by atoms with Crippen LogP contribution in [0.25, 0.3) is 0 Å². The van der Waals surface area contributed by atoms with Crippen molar-refractivity contribution in [1.29, 1.82) is 5.41 Å². The molecule has 1 aromatic carbocycles. The van der Waals surface area contributed by atoms with Gasteiger partial charge in [0, 0.05) is 18.7 Å². The van der Waals surface area contributed by atoms with Crippen LogP contribution in [0.1, 0.15) is 30.4 Å². The number of amidine groups is 1. The van der Waals surface area contributed by atoms with E-state index in [1.54, 1.807) is 30.3 Å². The molecular weight excluding hydrogens is 420 g/mol. The quantitative estimate of drug-likeness (QED) is 0.189. The molecule has 0 bridgehead atoms. The van der Waals surface area contributed by atoms with Crippen molar-refractivity contribution in [1.82, 2.24) is 10.2 Å². The third-order valence-corrected chi connectivity index (χ3v) is 5.93. The molecule has 5 N–H and O–H groups in total. The summed E-state index contributed by atoms with van der Waals surface area (Å²) in [6, 6.07) is 8.58. The number of amides is 2. The molecule has 1 aliphatic rings. The predicted molar refractivity (Wildman–Crippen MR) is 115 cm³/mol. The molecule has 3 rings (SSSR count). The van der Waals surface area contributed by atoms with E-state index in [0.717, 1.165) is 0 Å². The summed E-state index contributed by atoms with van der Waals surface area (Å²) in [5.74, 6) is -1.93. The first kappa shape index (κ1) is 22.3. The molecule has 2 aromatic rings. The zero-order valence-corrected chi connectivity index (χ0v) is 17.6. The fourth-order valence-corrected chi connectivity index (χ4v) is 4.52. The van der Waals surface area contributed by atoms with Crippen LogP contribution in [0.4, 0.5) is 0 Å². The van der Waals surface area contributed by atoms with E-state index in [4.69, 9.17) is 15.9 Å². The van der Waals surface area contributed by atoms with Gasteiger partial charge in [0.15, 0.2) is 0 Å². The lowest BCUT2D eigenvalue weighted by Gasteiger charge is -2.44. The largest absolute Gasteiger partial charge is 0.494 e. The number of nitrogens with one attached hydrogen (secondary N) is 2. The topological polar surface area (TPSA) is 146 Å². The van der Waals surface area contributed by atoms with E-state index in [-0.39, 0.29) is 25.3 Å². The summed E-state index contributed by atoms with van der Waals surface area (Å²) in [4.78, 5) is 37.8. The molecule has 1 fully saturated rings. The second kappa shape index (κ2) is 9.61. The van der Waals surface area contributed by atoms with Crippen LogP contribution in [0.2, 0.25) is 0 Å². The fraction of sp³-hybridized carbons (Fsp3) is 0.333. The molecule has 1 aromatic heterocycles. The summed E-state index contributed by atoms with van der Waals surface area (Å²) >= 11 is 1.41. The van der Waals surface area contributed by atoms with Gasteiger partial charge in [-0.25, -0.2) is 0 Å². The first-order valence-electron chi connectivity index (χ1n) is 9.75. The number of piperazine rings is 1. The Hall–Kier alpha value is -3.40. The Bertz CT molecular complexity index is 961. The highest BCUT2D eigenvalue weighted by atomic mass is 32.1. The number of carboxylic acids is 1. The standard InChI is InChI=1S/C21H24N4O5S/c22-18(23)14-2-4-16(5-3-14)30-10-1-7-21(12-17(26)27,15-6-11-31-13-15)25-9-8-24-19(28)20(25)29/h2-6,11,13H,1,7-10,12H2,(H3,22,23)(H,24,28)(H,26,27). The molecule has 0 aliphatic carbocycles. The Morgan fingerprint density at radius 3 is 2.65 bits per heavy atom. The summed E-state index contributed by atoms with van der Waals surface area (Å²) in [6.07, 6.45) is 0.472. The van der Waals surface area contributed by atoms with Gasteiger partial charge in [-0.05, 0) is 59.5 Å². The SMILES string of the molecule is N=C(N)c1ccc(OCCCC(CC(=O)O)(c2ccsc2)N2CCNC(=O)C2=O)cc1. The number of ether oxygens (including phenoxy) is 1. The number of aliphatic carboxylic acids is 1. The first-order valence-corrected chi connectivity index (χ1v) is 10.7. The molecule has 1 unspecified atom stereocenters. The number of hydrogen-bond donors (Lipinski definition) is 4. The Kier molecular flexibility index (Phi) is 6.91. The minimum atomic E-state index is -1.14. The third kappa shape index (κ3) is 5.02. The van der Waals surface area contributed by atoms with Crippen LogP contribution in [0, 0.1) is 5.41 Å². The number of thiophene rings is 1. The summed E-state index contributed by atoms with van der Waals surface area (Å²) in [7, 11) is 0. The number of hydrogen-bond acceptors (Lipinski definition) is 6. The Morgan fingerprint density at radius 1 is 1.29 bits per heavy atom. The predicted octanol–water partition coefficient (Wildman–Crippen LogP) is 1.52. The Morgan fingerprint density at radius 2 is 2.03 bits per heavy atom. The maximum atomic E-state index is 12.7. The fourth-order valence-electron chi connectivity index (χ4n) is 3.78. The highest BCUT2D eigenvalue weighted by molar-refractivity contribution is 7.08. The lowest BCUT2D eigenvalue weighted by molar-refractivity contribution is -0.157. The van der Waals surface area contributed by atoms with Gasteiger partial charge in [0.1, 0.15) is 11.6 Å². The number of carbonyl (C=O) groups is 3. The highest BCUT2D eigenvalue weighted by Gasteiger charge is 2.46. The molecule has 1 aliphatic heterocycles. The van der Waals surface area contributed by atoms with Crippen LogP contribution < -0.4 is 15.8 Å². The molecule has 31 heavy (non-hydrogen) atoms. The number of nitrogens with zero attached hydrogens (tertiary/aromatic N) is 1. The lowest BCUT2D eigenvalue weighted by Crippen LogP contribution is -2.60. The Labute approximate surface area is 183 Å². The average molecular weight is 445 g/mol. The molecule has 0 saturated carbocycles. The van der Waals surface area contributed by atoms with Crippen molar-refractivity contribution < 1.29 is 24.2 Å². The normalized spacial score (nSPS) is 15.8. The van der Waals surface area contributed by atoms with Crippen LogP contribution in [-0.4, -0.2) is 53.3 Å². The molecule has 9 nitrogen and oxygen atoms in total. The second-order valence-corrected chi connectivity index (χ2v) is 8.00. The molecule has 0 spiro atoms. The Balaban J connectivity index is 1.77. The van der Waals surface area contributed by atoms with E-state index < -0.39 is 23.3 Å². The molecule has 0 radical (unpaired) electrons. The number of nitrogen functional groups attached to an aromatic ring is 1. The van der Waals surface area contributed by atoms with Crippen LogP contribution in [-0.2, 0) is 19.9 Å². The molecule has 164 valence electrons. The van der Waals surface area contributed by atoms with E-state index in [9.17, 15) is 19.5 Å². The van der Waals surface area contributed by atoms with Gasteiger partial charge < -0.3 is 25.8 Å². The van der Waals surface area contributed by atoms with Crippen LogP contribution >= 0.6 is 11.3 Å². The summed E-state index contributed by atoms with van der Waals surface area (Å²) in [6.45, 7) is 0.801. The monoisotopic (exact) mass is 444 g/mol. The lowest BCUT2D eigenvalue weighted by atomic mass is 9.81. The molecular formula is C21H24N4O5S. The van der Waals surface area contributed by atoms with Gasteiger partial charge in [0.25, 0.3) is 0 Å². The van der Waals surface area contributed by atoms with Crippen molar-refractivity contribution in [2.24, 2.45) is 5.73 Å². The van der Waals surface area contributed by atoms with Gasteiger partial charge in [-0.2, -0.15) is 11.3 Å². The zero-order valence-electron chi connectivity index (χ0n) is 16.8.